The lowest BCUT2D eigenvalue weighted by Gasteiger charge is -2.28. The molecule has 202 valence electrons. The maximum Gasteiger partial charge on any atom is 0.338 e. The van der Waals surface area contributed by atoms with E-state index in [4.69, 9.17) is 4.74 Å². The quantitative estimate of drug-likeness (QED) is 0.283. The molecule has 0 unspecified atom stereocenters. The second kappa shape index (κ2) is 10.4. The van der Waals surface area contributed by atoms with Crippen molar-refractivity contribution in [3.63, 3.8) is 0 Å². The number of anilines is 1. The Morgan fingerprint density at radius 2 is 1.45 bits per heavy atom. The topological polar surface area (TPSA) is 122 Å². The van der Waals surface area contributed by atoms with Crippen LogP contribution in [0, 0.1) is 23.7 Å². The summed E-state index contributed by atoms with van der Waals surface area (Å²) < 4.78 is 5.09. The predicted molar refractivity (Wildman–Crippen MR) is 144 cm³/mol. The van der Waals surface area contributed by atoms with Crippen LogP contribution in [0.5, 0.6) is 0 Å². The monoisotopic (exact) mass is 537 g/mol. The highest BCUT2D eigenvalue weighted by atomic mass is 16.5. The molecule has 4 amide bonds. The highest BCUT2D eigenvalue weighted by Crippen LogP contribution is 2.61. The van der Waals surface area contributed by atoms with E-state index >= 15 is 0 Å². The Morgan fingerprint density at radius 3 is 2.20 bits per heavy atom. The fourth-order valence-electron chi connectivity index (χ4n) is 6.61. The molecule has 2 N–H and O–H groups in total. The number of amides is 4. The van der Waals surface area contributed by atoms with Gasteiger partial charge in [-0.25, -0.2) is 4.79 Å². The minimum Gasteiger partial charge on any atom is -0.452 e. The summed E-state index contributed by atoms with van der Waals surface area (Å²) in [5.74, 6) is -2.62. The van der Waals surface area contributed by atoms with E-state index in [-0.39, 0.29) is 47.0 Å². The number of nitrogens with zero attached hydrogens (tertiary/aromatic N) is 1. The molecule has 1 aliphatic heterocycles. The molecule has 9 nitrogen and oxygen atoms in total. The average Bonchev–Trinajstić information content (AvgIpc) is 3.66. The van der Waals surface area contributed by atoms with Crippen LogP contribution in [0.2, 0.25) is 0 Å². The lowest BCUT2D eigenvalue weighted by atomic mass is 9.73. The molecule has 2 bridgehead atoms. The summed E-state index contributed by atoms with van der Waals surface area (Å²) in [4.78, 5) is 65.1. The molecule has 0 radical (unpaired) electrons. The smallest absolute Gasteiger partial charge is 0.338 e. The molecule has 2 aliphatic carbocycles. The summed E-state index contributed by atoms with van der Waals surface area (Å²) in [6.07, 6.45) is 1.77. The van der Waals surface area contributed by atoms with Gasteiger partial charge in [0.05, 0.1) is 23.1 Å². The second-order valence-electron chi connectivity index (χ2n) is 10.5. The van der Waals surface area contributed by atoms with Crippen molar-refractivity contribution in [1.82, 2.24) is 10.9 Å². The number of carbonyl (C=O) groups is 5. The molecule has 1 heterocycles. The maximum absolute atomic E-state index is 13.6. The lowest BCUT2D eigenvalue weighted by Crippen LogP contribution is -2.43. The van der Waals surface area contributed by atoms with E-state index in [2.05, 4.69) is 23.0 Å². The van der Waals surface area contributed by atoms with Crippen LogP contribution in [0.1, 0.15) is 45.0 Å². The number of hydrogen-bond acceptors (Lipinski definition) is 6. The number of fused-ring (bicyclic) bond motifs is 5. The molecule has 3 aliphatic rings. The van der Waals surface area contributed by atoms with Crippen LogP contribution in [0.25, 0.3) is 0 Å². The van der Waals surface area contributed by atoms with Gasteiger partial charge in [0.1, 0.15) is 0 Å². The Kier molecular flexibility index (Phi) is 6.63. The number of benzene rings is 3. The van der Waals surface area contributed by atoms with Gasteiger partial charge in [-0.2, -0.15) is 0 Å². The molecule has 40 heavy (non-hydrogen) atoms. The van der Waals surface area contributed by atoms with Gasteiger partial charge in [-0.1, -0.05) is 54.6 Å². The number of rotatable bonds is 6. The Labute approximate surface area is 230 Å². The molecule has 3 aromatic rings. The molecule has 2 saturated carbocycles. The summed E-state index contributed by atoms with van der Waals surface area (Å²) >= 11 is 0. The summed E-state index contributed by atoms with van der Waals surface area (Å²) in [7, 11) is 0. The first kappa shape index (κ1) is 25.5. The Bertz CT molecular complexity index is 1490. The fourth-order valence-corrected chi connectivity index (χ4v) is 6.61. The first-order chi connectivity index (χ1) is 19.4. The van der Waals surface area contributed by atoms with Gasteiger partial charge in [-0.3, -0.25) is 34.9 Å². The highest BCUT2D eigenvalue weighted by molar-refractivity contribution is 6.23. The van der Waals surface area contributed by atoms with Gasteiger partial charge < -0.3 is 4.74 Å². The largest absolute Gasteiger partial charge is 0.452 e. The van der Waals surface area contributed by atoms with Gasteiger partial charge in [-0.05, 0) is 66.5 Å². The molecule has 1 saturated heterocycles. The number of imide groups is 1. The third kappa shape index (κ3) is 4.53. The van der Waals surface area contributed by atoms with Crippen LogP contribution in [-0.4, -0.2) is 36.2 Å². The van der Waals surface area contributed by atoms with Crippen LogP contribution < -0.4 is 15.8 Å². The van der Waals surface area contributed by atoms with E-state index in [1.165, 1.54) is 22.6 Å². The number of ether oxygens (including phenoxy) is 1. The van der Waals surface area contributed by atoms with Crippen molar-refractivity contribution in [3.8, 4) is 0 Å². The van der Waals surface area contributed by atoms with Gasteiger partial charge in [0.2, 0.25) is 11.8 Å². The van der Waals surface area contributed by atoms with E-state index in [0.717, 1.165) is 12.8 Å². The first-order valence-electron chi connectivity index (χ1n) is 13.3. The summed E-state index contributed by atoms with van der Waals surface area (Å²) in [5, 5.41) is 0. The van der Waals surface area contributed by atoms with Crippen molar-refractivity contribution >= 4 is 35.3 Å². The van der Waals surface area contributed by atoms with E-state index in [9.17, 15) is 24.0 Å². The number of nitrogens with one attached hydrogen (secondary N) is 2. The van der Waals surface area contributed by atoms with Crippen molar-refractivity contribution in [2.75, 3.05) is 11.5 Å². The van der Waals surface area contributed by atoms with Gasteiger partial charge >= 0.3 is 5.97 Å². The van der Waals surface area contributed by atoms with E-state index in [0.29, 0.717) is 11.3 Å². The Hall–Kier alpha value is -4.79. The lowest BCUT2D eigenvalue weighted by molar-refractivity contribution is -0.125. The molecular weight excluding hydrogens is 510 g/mol. The summed E-state index contributed by atoms with van der Waals surface area (Å²) in [6.45, 7) is -0.631. The molecule has 0 aromatic heterocycles. The third-order valence-electron chi connectivity index (χ3n) is 8.27. The minimum atomic E-state index is -0.796. The number of carbonyl (C=O) groups excluding carboxylic acids is 5. The van der Waals surface area contributed by atoms with E-state index < -0.39 is 24.4 Å². The van der Waals surface area contributed by atoms with Crippen molar-refractivity contribution in [2.45, 2.75) is 18.8 Å². The normalized spacial score (nSPS) is 24.5. The molecule has 6 rings (SSSR count). The third-order valence-corrected chi connectivity index (χ3v) is 8.27. The number of hydrogen-bond donors (Lipinski definition) is 2. The predicted octanol–water partition coefficient (Wildman–Crippen LogP) is 3.23. The second-order valence-corrected chi connectivity index (χ2v) is 10.5. The zero-order valence-electron chi connectivity index (χ0n) is 21.5. The molecule has 3 aromatic carbocycles. The zero-order valence-corrected chi connectivity index (χ0v) is 21.5. The molecular formula is C31H27N3O6. The van der Waals surface area contributed by atoms with Crippen molar-refractivity contribution < 1.29 is 28.7 Å². The van der Waals surface area contributed by atoms with Gasteiger partial charge in [0.15, 0.2) is 6.61 Å². The van der Waals surface area contributed by atoms with Crippen LogP contribution in [0.3, 0.4) is 0 Å². The van der Waals surface area contributed by atoms with Crippen LogP contribution in [-0.2, 0) is 19.1 Å². The molecule has 9 heteroatoms. The standard InChI is InChI=1S/C31H27N3O6/c35-25(32-33-28(36)19-10-5-2-6-11-19)17-40-31(39)20-12-7-13-22(14-20)34-29(37)26-21-15-23(18-8-3-1-4-9-18)24(16-21)27(26)30(34)38/h1-14,21,23-24,26-27H,15-17H2,(H,32,35)(H,33,36)/t21-,23+,24+,26+,27+/m0/s1. The van der Waals surface area contributed by atoms with Gasteiger partial charge in [0.25, 0.3) is 11.8 Å². The highest BCUT2D eigenvalue weighted by Gasteiger charge is 2.64. The van der Waals surface area contributed by atoms with Gasteiger partial charge in [-0.15, -0.1) is 0 Å². The van der Waals surface area contributed by atoms with Crippen LogP contribution in [0.4, 0.5) is 5.69 Å². The summed E-state index contributed by atoms with van der Waals surface area (Å²) in [6, 6.07) is 24.6. The SMILES string of the molecule is O=C(COC(=O)c1cccc(N2C(=O)[C@@H]3[C@@H]4C[C@@H]([C@H]3C2=O)[C@@H](c2ccccc2)C4)c1)NNC(=O)c1ccccc1. The van der Waals surface area contributed by atoms with Crippen molar-refractivity contribution in [3.05, 3.63) is 102 Å². The Balaban J connectivity index is 1.09. The Morgan fingerprint density at radius 1 is 0.775 bits per heavy atom. The molecule has 5 atom stereocenters. The number of hydrazine groups is 1. The maximum atomic E-state index is 13.6. The fraction of sp³-hybridized carbons (Fsp3) is 0.258. The van der Waals surface area contributed by atoms with Crippen molar-refractivity contribution in [2.24, 2.45) is 23.7 Å². The van der Waals surface area contributed by atoms with Crippen LogP contribution >= 0.6 is 0 Å². The zero-order chi connectivity index (χ0) is 27.8. The van der Waals surface area contributed by atoms with E-state index in [1.807, 2.05) is 18.2 Å². The summed E-state index contributed by atoms with van der Waals surface area (Å²) in [5.41, 5.74) is 6.42. The van der Waals surface area contributed by atoms with Crippen molar-refractivity contribution in [1.29, 1.82) is 0 Å². The molecule has 3 fully saturated rings. The first-order valence-corrected chi connectivity index (χ1v) is 13.3. The van der Waals surface area contributed by atoms with Gasteiger partial charge in [0, 0.05) is 5.56 Å². The average molecular weight is 538 g/mol. The minimum absolute atomic E-state index is 0.0985. The van der Waals surface area contributed by atoms with Crippen LogP contribution in [0.15, 0.2) is 84.9 Å². The molecule has 0 spiro atoms. The number of esters is 1. The van der Waals surface area contributed by atoms with E-state index in [1.54, 1.807) is 42.5 Å².